The molecule has 1 aliphatic rings. The summed E-state index contributed by atoms with van der Waals surface area (Å²) in [4.78, 5) is 12.8. The van der Waals surface area contributed by atoms with Crippen molar-refractivity contribution < 1.29 is 4.79 Å². The Bertz CT molecular complexity index is 1010. The molecule has 0 saturated heterocycles. The molecule has 0 radical (unpaired) electrons. The second-order valence-corrected chi connectivity index (χ2v) is 9.97. The molecule has 0 spiro atoms. The fourth-order valence-corrected chi connectivity index (χ4v) is 4.52. The molecule has 1 aromatic carbocycles. The molecule has 3 rings (SSSR count). The summed E-state index contributed by atoms with van der Waals surface area (Å²) in [5.41, 5.74) is 5.65. The van der Waals surface area contributed by atoms with Crippen molar-refractivity contribution in [1.82, 2.24) is 9.88 Å². The van der Waals surface area contributed by atoms with E-state index in [2.05, 4.69) is 74.8 Å². The van der Waals surface area contributed by atoms with E-state index >= 15 is 0 Å². The first kappa shape index (κ1) is 22.9. The van der Waals surface area contributed by atoms with Gasteiger partial charge >= 0.3 is 0 Å². The predicted octanol–water partition coefficient (Wildman–Crippen LogP) is 5.99. The highest BCUT2D eigenvalue weighted by atomic mass is 16.1. The highest BCUT2D eigenvalue weighted by Gasteiger charge is 2.24. The number of nitrogens with zero attached hydrogens (tertiary/aromatic N) is 2. The fraction of sp³-hybridized carbons (Fsp3) is 0.481. The third-order valence-electron chi connectivity index (χ3n) is 6.55. The van der Waals surface area contributed by atoms with Gasteiger partial charge < -0.3 is 9.88 Å². The van der Waals surface area contributed by atoms with E-state index in [1.54, 1.807) is 6.08 Å². The molecule has 0 bridgehead atoms. The molecule has 1 amide bonds. The van der Waals surface area contributed by atoms with Gasteiger partial charge in [0.2, 0.25) is 0 Å². The lowest BCUT2D eigenvalue weighted by molar-refractivity contribution is -0.118. The average molecular weight is 418 g/mol. The van der Waals surface area contributed by atoms with Gasteiger partial charge in [0.25, 0.3) is 5.91 Å². The van der Waals surface area contributed by atoms with Gasteiger partial charge in [0.1, 0.15) is 11.6 Å². The molecular weight excluding hydrogens is 382 g/mol. The molecule has 1 N–H and O–H groups in total. The van der Waals surface area contributed by atoms with Crippen LogP contribution in [0.5, 0.6) is 0 Å². The van der Waals surface area contributed by atoms with E-state index in [4.69, 9.17) is 0 Å². The van der Waals surface area contributed by atoms with Gasteiger partial charge in [-0.25, -0.2) is 0 Å². The normalized spacial score (nSPS) is 19.7. The Labute approximate surface area is 187 Å². The van der Waals surface area contributed by atoms with Crippen LogP contribution in [0.15, 0.2) is 35.9 Å². The van der Waals surface area contributed by atoms with Crippen molar-refractivity contribution >= 4 is 12.0 Å². The van der Waals surface area contributed by atoms with E-state index in [0.29, 0.717) is 5.92 Å². The minimum absolute atomic E-state index is 0.109. The van der Waals surface area contributed by atoms with Gasteiger partial charge in [-0.05, 0) is 73.4 Å². The minimum atomic E-state index is -0.263. The first-order chi connectivity index (χ1) is 14.6. The number of benzene rings is 1. The number of aryl methyl sites for hydroxylation is 1. The minimum Gasteiger partial charge on any atom is -0.348 e. The topological polar surface area (TPSA) is 57.8 Å². The third kappa shape index (κ3) is 5.10. The fourth-order valence-electron chi connectivity index (χ4n) is 4.52. The van der Waals surface area contributed by atoms with Gasteiger partial charge in [-0.15, -0.1) is 0 Å². The summed E-state index contributed by atoms with van der Waals surface area (Å²) in [5.74, 6) is 0.194. The van der Waals surface area contributed by atoms with Crippen LogP contribution in [0.3, 0.4) is 0 Å². The maximum Gasteiger partial charge on any atom is 0.262 e. The summed E-state index contributed by atoms with van der Waals surface area (Å²) in [6.45, 7) is 12.9. The highest BCUT2D eigenvalue weighted by molar-refractivity contribution is 6.02. The maximum atomic E-state index is 12.8. The molecule has 1 fully saturated rings. The smallest absolute Gasteiger partial charge is 0.262 e. The Morgan fingerprint density at radius 2 is 1.81 bits per heavy atom. The van der Waals surface area contributed by atoms with Crippen LogP contribution in [-0.4, -0.2) is 16.5 Å². The number of nitrogens with one attached hydrogen (secondary N) is 1. The average Bonchev–Trinajstić information content (AvgIpc) is 3.00. The summed E-state index contributed by atoms with van der Waals surface area (Å²) >= 11 is 0. The number of aromatic nitrogens is 1. The van der Waals surface area contributed by atoms with Crippen LogP contribution in [0.25, 0.3) is 11.8 Å². The lowest BCUT2D eigenvalue weighted by Crippen LogP contribution is -2.41. The monoisotopic (exact) mass is 417 g/mol. The van der Waals surface area contributed by atoms with Crippen molar-refractivity contribution in [3.63, 3.8) is 0 Å². The number of hydrogen-bond acceptors (Lipinski definition) is 2. The van der Waals surface area contributed by atoms with Gasteiger partial charge in [0, 0.05) is 23.1 Å². The molecule has 4 heteroatoms. The van der Waals surface area contributed by atoms with Gasteiger partial charge in [-0.3, -0.25) is 4.79 Å². The summed E-state index contributed by atoms with van der Waals surface area (Å²) in [6, 6.07) is 12.9. The number of nitriles is 1. The quantitative estimate of drug-likeness (QED) is 0.490. The Morgan fingerprint density at radius 1 is 1.16 bits per heavy atom. The molecule has 31 heavy (non-hydrogen) atoms. The number of hydrogen-bond donors (Lipinski definition) is 1. The second kappa shape index (κ2) is 9.14. The standard InChI is InChI=1S/C27H35N3O/c1-18-9-7-8-10-25(18)29-26(31)22(17-28)16-21-15-19(2)30(20(21)3)24-13-11-23(12-14-24)27(4,5)6/h11-16,18,25H,7-10H2,1-6H3,(H,29,31)/b22-16+/t18-,25+/m1/s1. The zero-order chi connectivity index (χ0) is 22.8. The van der Waals surface area contributed by atoms with E-state index in [9.17, 15) is 10.1 Å². The molecular formula is C27H35N3O. The van der Waals surface area contributed by atoms with E-state index < -0.39 is 0 Å². The summed E-state index contributed by atoms with van der Waals surface area (Å²) in [7, 11) is 0. The molecule has 0 unspecified atom stereocenters. The molecule has 2 atom stereocenters. The summed E-state index contributed by atoms with van der Waals surface area (Å²) in [5, 5.41) is 12.8. The van der Waals surface area contributed by atoms with Crippen LogP contribution < -0.4 is 5.32 Å². The third-order valence-corrected chi connectivity index (χ3v) is 6.55. The lowest BCUT2D eigenvalue weighted by Gasteiger charge is -2.29. The first-order valence-electron chi connectivity index (χ1n) is 11.3. The molecule has 0 aliphatic heterocycles. The molecule has 1 heterocycles. The Kier molecular flexibility index (Phi) is 6.74. The van der Waals surface area contributed by atoms with Crippen molar-refractivity contribution in [2.45, 2.75) is 78.7 Å². The van der Waals surface area contributed by atoms with Crippen LogP contribution in [0, 0.1) is 31.1 Å². The lowest BCUT2D eigenvalue weighted by atomic mass is 9.86. The number of amides is 1. The van der Waals surface area contributed by atoms with Crippen molar-refractivity contribution in [1.29, 1.82) is 5.26 Å². The predicted molar refractivity (Wildman–Crippen MR) is 127 cm³/mol. The van der Waals surface area contributed by atoms with Crippen molar-refractivity contribution in [3.8, 4) is 11.8 Å². The SMILES string of the molecule is Cc1cc(/C=C(\C#N)C(=O)N[C@H]2CCCC[C@H]2C)c(C)n1-c1ccc(C(C)(C)C)cc1. The van der Waals surface area contributed by atoms with Crippen LogP contribution >= 0.6 is 0 Å². The van der Waals surface area contributed by atoms with Gasteiger partial charge in [0.05, 0.1) is 0 Å². The Hall–Kier alpha value is -2.80. The number of carbonyl (C=O) groups is 1. The maximum absolute atomic E-state index is 12.8. The molecule has 4 nitrogen and oxygen atoms in total. The van der Waals surface area contributed by atoms with E-state index in [-0.39, 0.29) is 22.9 Å². The number of rotatable bonds is 4. The zero-order valence-corrected chi connectivity index (χ0v) is 19.7. The summed E-state index contributed by atoms with van der Waals surface area (Å²) < 4.78 is 2.17. The van der Waals surface area contributed by atoms with Crippen LogP contribution in [0.2, 0.25) is 0 Å². The van der Waals surface area contributed by atoms with E-state index in [1.807, 2.05) is 13.0 Å². The van der Waals surface area contributed by atoms with Crippen molar-refractivity contribution in [2.24, 2.45) is 5.92 Å². The van der Waals surface area contributed by atoms with Crippen molar-refractivity contribution in [3.05, 3.63) is 58.4 Å². The molecule has 164 valence electrons. The molecule has 1 aliphatic carbocycles. The van der Waals surface area contributed by atoms with Crippen LogP contribution in [0.4, 0.5) is 0 Å². The number of carbonyl (C=O) groups excluding carboxylic acids is 1. The van der Waals surface area contributed by atoms with Gasteiger partial charge in [0.15, 0.2) is 0 Å². The summed E-state index contributed by atoms with van der Waals surface area (Å²) in [6.07, 6.45) is 6.20. The Balaban J connectivity index is 1.87. The van der Waals surface area contributed by atoms with Crippen LogP contribution in [-0.2, 0) is 10.2 Å². The van der Waals surface area contributed by atoms with Crippen LogP contribution in [0.1, 0.15) is 75.9 Å². The highest BCUT2D eigenvalue weighted by Crippen LogP contribution is 2.27. The van der Waals surface area contributed by atoms with Gasteiger partial charge in [-0.2, -0.15) is 5.26 Å². The second-order valence-electron chi connectivity index (χ2n) is 9.97. The van der Waals surface area contributed by atoms with E-state index in [1.165, 1.54) is 12.0 Å². The zero-order valence-electron chi connectivity index (χ0n) is 19.7. The molecule has 1 aromatic heterocycles. The van der Waals surface area contributed by atoms with Crippen molar-refractivity contribution in [2.75, 3.05) is 0 Å². The Morgan fingerprint density at radius 3 is 2.39 bits per heavy atom. The van der Waals surface area contributed by atoms with E-state index in [0.717, 1.165) is 41.9 Å². The largest absolute Gasteiger partial charge is 0.348 e. The van der Waals surface area contributed by atoms with Gasteiger partial charge in [-0.1, -0.05) is 52.7 Å². The molecule has 1 saturated carbocycles. The first-order valence-corrected chi connectivity index (χ1v) is 11.3. The molecule has 2 aromatic rings.